The van der Waals surface area contributed by atoms with Crippen LogP contribution in [0.25, 0.3) is 11.0 Å². The SMILES string of the molecule is CCCC(CCC)C(=O)NCCn1ncc2c(=O)n(Cc3cccc(C)c3)cnc21. The van der Waals surface area contributed by atoms with E-state index < -0.39 is 0 Å². The number of aryl methyl sites for hydroxylation is 1. The zero-order chi connectivity index (χ0) is 21.5. The van der Waals surface area contributed by atoms with Crippen molar-refractivity contribution < 1.29 is 4.79 Å². The normalized spacial score (nSPS) is 11.3. The number of aromatic nitrogens is 4. The van der Waals surface area contributed by atoms with E-state index in [-0.39, 0.29) is 17.4 Å². The molecule has 0 saturated heterocycles. The van der Waals surface area contributed by atoms with Crippen LogP contribution in [0.2, 0.25) is 0 Å². The van der Waals surface area contributed by atoms with Crippen LogP contribution >= 0.6 is 0 Å². The predicted molar refractivity (Wildman–Crippen MR) is 118 cm³/mol. The number of hydrogen-bond donors (Lipinski definition) is 1. The molecule has 30 heavy (non-hydrogen) atoms. The number of benzene rings is 1. The van der Waals surface area contributed by atoms with Gasteiger partial charge in [0.15, 0.2) is 5.65 Å². The smallest absolute Gasteiger partial charge is 0.264 e. The Hall–Kier alpha value is -2.96. The Bertz CT molecular complexity index is 1050. The summed E-state index contributed by atoms with van der Waals surface area (Å²) in [7, 11) is 0. The Morgan fingerprint density at radius 1 is 1.20 bits per heavy atom. The first-order chi connectivity index (χ1) is 14.5. The Morgan fingerprint density at radius 2 is 1.97 bits per heavy atom. The average Bonchev–Trinajstić information content (AvgIpc) is 3.14. The quantitative estimate of drug-likeness (QED) is 0.557. The van der Waals surface area contributed by atoms with Gasteiger partial charge >= 0.3 is 0 Å². The Kier molecular flexibility index (Phi) is 7.38. The van der Waals surface area contributed by atoms with Crippen LogP contribution in [0.1, 0.15) is 50.7 Å². The van der Waals surface area contributed by atoms with Crippen molar-refractivity contribution in [3.63, 3.8) is 0 Å². The van der Waals surface area contributed by atoms with E-state index in [1.807, 2.05) is 25.1 Å². The summed E-state index contributed by atoms with van der Waals surface area (Å²) in [6, 6.07) is 8.08. The molecule has 3 rings (SSSR count). The van der Waals surface area contributed by atoms with E-state index in [2.05, 4.69) is 35.3 Å². The predicted octanol–water partition coefficient (Wildman–Crippen LogP) is 3.28. The molecule has 0 bridgehead atoms. The summed E-state index contributed by atoms with van der Waals surface area (Å²) in [6.07, 6.45) is 6.96. The average molecular weight is 410 g/mol. The van der Waals surface area contributed by atoms with Crippen LogP contribution in [0, 0.1) is 12.8 Å². The van der Waals surface area contributed by atoms with Gasteiger partial charge in [0.05, 0.1) is 19.3 Å². The molecular weight excluding hydrogens is 378 g/mol. The summed E-state index contributed by atoms with van der Waals surface area (Å²) >= 11 is 0. The fourth-order valence-corrected chi connectivity index (χ4v) is 3.81. The van der Waals surface area contributed by atoms with Crippen LogP contribution < -0.4 is 10.9 Å². The minimum Gasteiger partial charge on any atom is -0.354 e. The molecule has 0 radical (unpaired) electrons. The largest absolute Gasteiger partial charge is 0.354 e. The van der Waals surface area contributed by atoms with Gasteiger partial charge in [0.25, 0.3) is 5.56 Å². The summed E-state index contributed by atoms with van der Waals surface area (Å²) in [5.74, 6) is 0.171. The van der Waals surface area contributed by atoms with E-state index in [0.29, 0.717) is 30.7 Å². The van der Waals surface area contributed by atoms with Crippen LogP contribution in [0.4, 0.5) is 0 Å². The molecule has 1 amide bonds. The number of carbonyl (C=O) groups excluding carboxylic acids is 1. The molecule has 0 aliphatic rings. The zero-order valence-electron chi connectivity index (χ0n) is 18.1. The molecule has 7 nitrogen and oxygen atoms in total. The molecule has 0 spiro atoms. The molecular formula is C23H31N5O2. The number of hydrogen-bond acceptors (Lipinski definition) is 4. The number of fused-ring (bicyclic) bond motifs is 1. The van der Waals surface area contributed by atoms with Gasteiger partial charge in [0.2, 0.25) is 5.91 Å². The zero-order valence-corrected chi connectivity index (χ0v) is 18.1. The lowest BCUT2D eigenvalue weighted by Gasteiger charge is -2.15. The highest BCUT2D eigenvalue weighted by Crippen LogP contribution is 2.13. The number of nitrogens with one attached hydrogen (secondary N) is 1. The van der Waals surface area contributed by atoms with Crippen LogP contribution in [-0.4, -0.2) is 31.8 Å². The van der Waals surface area contributed by atoms with Gasteiger partial charge in [0, 0.05) is 12.5 Å². The van der Waals surface area contributed by atoms with Gasteiger partial charge in [-0.3, -0.25) is 14.2 Å². The Balaban J connectivity index is 1.67. The van der Waals surface area contributed by atoms with Crippen molar-refractivity contribution in [1.82, 2.24) is 24.6 Å². The van der Waals surface area contributed by atoms with Crippen LogP contribution in [-0.2, 0) is 17.9 Å². The van der Waals surface area contributed by atoms with E-state index in [1.165, 1.54) is 0 Å². The first kappa shape index (κ1) is 21.7. The Morgan fingerprint density at radius 3 is 2.67 bits per heavy atom. The minimum absolute atomic E-state index is 0.0707. The number of carbonyl (C=O) groups is 1. The van der Waals surface area contributed by atoms with Gasteiger partial charge in [0.1, 0.15) is 11.7 Å². The van der Waals surface area contributed by atoms with E-state index in [4.69, 9.17) is 0 Å². The second kappa shape index (κ2) is 10.2. The molecule has 160 valence electrons. The molecule has 1 N–H and O–H groups in total. The van der Waals surface area contributed by atoms with Gasteiger partial charge in [-0.15, -0.1) is 0 Å². The van der Waals surface area contributed by atoms with Gasteiger partial charge in [-0.2, -0.15) is 5.10 Å². The summed E-state index contributed by atoms with van der Waals surface area (Å²) < 4.78 is 3.29. The maximum absolute atomic E-state index is 12.8. The summed E-state index contributed by atoms with van der Waals surface area (Å²) in [6.45, 7) is 7.65. The fraction of sp³-hybridized carbons (Fsp3) is 0.478. The summed E-state index contributed by atoms with van der Waals surface area (Å²) in [5.41, 5.74) is 2.66. The molecule has 2 aromatic heterocycles. The molecule has 7 heteroatoms. The fourth-order valence-electron chi connectivity index (χ4n) is 3.81. The van der Waals surface area contributed by atoms with Crippen LogP contribution in [0.5, 0.6) is 0 Å². The molecule has 3 aromatic rings. The van der Waals surface area contributed by atoms with Crippen molar-refractivity contribution in [3.05, 3.63) is 58.3 Å². The molecule has 0 saturated carbocycles. The molecule has 0 atom stereocenters. The van der Waals surface area contributed by atoms with Crippen molar-refractivity contribution in [2.75, 3.05) is 6.54 Å². The van der Waals surface area contributed by atoms with E-state index in [1.54, 1.807) is 21.8 Å². The third-order valence-corrected chi connectivity index (χ3v) is 5.33. The highest BCUT2D eigenvalue weighted by atomic mass is 16.2. The molecule has 2 heterocycles. The number of amides is 1. The topological polar surface area (TPSA) is 81.8 Å². The van der Waals surface area contributed by atoms with Crippen molar-refractivity contribution in [3.8, 4) is 0 Å². The second-order valence-electron chi connectivity index (χ2n) is 7.84. The molecule has 0 aliphatic carbocycles. The highest BCUT2D eigenvalue weighted by Gasteiger charge is 2.16. The van der Waals surface area contributed by atoms with E-state index in [0.717, 1.165) is 36.8 Å². The van der Waals surface area contributed by atoms with E-state index >= 15 is 0 Å². The maximum Gasteiger partial charge on any atom is 0.264 e. The highest BCUT2D eigenvalue weighted by molar-refractivity contribution is 5.78. The molecule has 1 aromatic carbocycles. The van der Waals surface area contributed by atoms with Crippen LogP contribution in [0.15, 0.2) is 41.6 Å². The monoisotopic (exact) mass is 409 g/mol. The van der Waals surface area contributed by atoms with Gasteiger partial charge in [-0.25, -0.2) is 9.67 Å². The lowest BCUT2D eigenvalue weighted by molar-refractivity contribution is -0.125. The molecule has 0 unspecified atom stereocenters. The van der Waals surface area contributed by atoms with Gasteiger partial charge < -0.3 is 5.32 Å². The third-order valence-electron chi connectivity index (χ3n) is 5.33. The van der Waals surface area contributed by atoms with Crippen molar-refractivity contribution in [2.45, 2.75) is 59.5 Å². The lowest BCUT2D eigenvalue weighted by Crippen LogP contribution is -2.33. The van der Waals surface area contributed by atoms with Gasteiger partial charge in [-0.1, -0.05) is 56.5 Å². The molecule has 0 fully saturated rings. The lowest BCUT2D eigenvalue weighted by atomic mass is 9.97. The summed E-state index contributed by atoms with van der Waals surface area (Å²) in [4.78, 5) is 29.7. The second-order valence-corrected chi connectivity index (χ2v) is 7.84. The third kappa shape index (κ3) is 5.14. The van der Waals surface area contributed by atoms with E-state index in [9.17, 15) is 9.59 Å². The van der Waals surface area contributed by atoms with Crippen LogP contribution in [0.3, 0.4) is 0 Å². The molecule has 0 aliphatic heterocycles. The standard InChI is InChI=1S/C23H31N5O2/c1-4-7-19(8-5-2)22(29)24-11-12-28-21-20(14-26-28)23(30)27(16-25-21)15-18-10-6-9-17(3)13-18/h6,9-10,13-14,16,19H,4-5,7-8,11-12,15H2,1-3H3,(H,24,29). The minimum atomic E-state index is -0.109. The van der Waals surface area contributed by atoms with Crippen molar-refractivity contribution in [1.29, 1.82) is 0 Å². The first-order valence-corrected chi connectivity index (χ1v) is 10.8. The summed E-state index contributed by atoms with van der Waals surface area (Å²) in [5, 5.41) is 7.82. The first-order valence-electron chi connectivity index (χ1n) is 10.8. The number of nitrogens with zero attached hydrogens (tertiary/aromatic N) is 4. The van der Waals surface area contributed by atoms with Crippen molar-refractivity contribution >= 4 is 16.9 Å². The van der Waals surface area contributed by atoms with Crippen molar-refractivity contribution in [2.24, 2.45) is 5.92 Å². The van der Waals surface area contributed by atoms with Gasteiger partial charge in [-0.05, 0) is 25.3 Å². The Labute approximate surface area is 177 Å². The maximum atomic E-state index is 12.8. The number of rotatable bonds is 10.